The summed E-state index contributed by atoms with van der Waals surface area (Å²) in [6.07, 6.45) is 1.25. The van der Waals surface area contributed by atoms with Gasteiger partial charge in [-0.3, -0.25) is 4.79 Å². The average Bonchev–Trinajstić information content (AvgIpc) is 2.49. The Morgan fingerprint density at radius 1 is 1.33 bits per heavy atom. The largest absolute Gasteiger partial charge is 0.496 e. The van der Waals surface area contributed by atoms with Crippen LogP contribution in [-0.2, 0) is 0 Å². The van der Waals surface area contributed by atoms with E-state index in [1.54, 1.807) is 36.4 Å². The second-order valence-corrected chi connectivity index (χ2v) is 4.98. The van der Waals surface area contributed by atoms with Gasteiger partial charge in [0, 0.05) is 10.0 Å². The van der Waals surface area contributed by atoms with Crippen molar-refractivity contribution >= 4 is 28.1 Å². The number of benzene rings is 2. The number of halogens is 2. The molecule has 1 amide bonds. The van der Waals surface area contributed by atoms with Gasteiger partial charge in [0.1, 0.15) is 11.6 Å². The fraction of sp³-hybridized carbons (Fsp3) is 0.0667. The Kier molecular flexibility index (Phi) is 5.05. The van der Waals surface area contributed by atoms with E-state index >= 15 is 0 Å². The number of amides is 1. The monoisotopic (exact) mass is 350 g/mol. The van der Waals surface area contributed by atoms with Gasteiger partial charge in [-0.1, -0.05) is 34.1 Å². The number of nitrogens with one attached hydrogen (secondary N) is 1. The van der Waals surface area contributed by atoms with Crippen LogP contribution < -0.4 is 10.2 Å². The lowest BCUT2D eigenvalue weighted by molar-refractivity contribution is 0.0952. The third kappa shape index (κ3) is 3.88. The summed E-state index contributed by atoms with van der Waals surface area (Å²) >= 11 is 3.28. The Morgan fingerprint density at radius 3 is 2.81 bits per heavy atom. The molecule has 2 rings (SSSR count). The van der Waals surface area contributed by atoms with Crippen LogP contribution in [0.25, 0.3) is 0 Å². The van der Waals surface area contributed by atoms with Gasteiger partial charge < -0.3 is 4.74 Å². The molecule has 6 heteroatoms. The van der Waals surface area contributed by atoms with E-state index in [-0.39, 0.29) is 0 Å². The third-order valence-electron chi connectivity index (χ3n) is 2.68. The van der Waals surface area contributed by atoms with Crippen molar-refractivity contribution < 1.29 is 13.9 Å². The highest BCUT2D eigenvalue weighted by atomic mass is 79.9. The molecule has 0 heterocycles. The first-order valence-electron chi connectivity index (χ1n) is 6.03. The number of hydrogen-bond donors (Lipinski definition) is 1. The topological polar surface area (TPSA) is 50.7 Å². The van der Waals surface area contributed by atoms with Gasteiger partial charge in [0.05, 0.1) is 18.9 Å². The van der Waals surface area contributed by atoms with E-state index in [9.17, 15) is 9.18 Å². The highest BCUT2D eigenvalue weighted by molar-refractivity contribution is 9.10. The first-order valence-corrected chi connectivity index (χ1v) is 6.82. The number of carbonyl (C=O) groups excluding carboxylic acids is 1. The SMILES string of the molecule is COc1ccc(Br)cc1C(=O)N/N=C/c1ccccc1F. The van der Waals surface area contributed by atoms with Crippen molar-refractivity contribution in [2.24, 2.45) is 5.10 Å². The molecule has 4 nitrogen and oxygen atoms in total. The summed E-state index contributed by atoms with van der Waals surface area (Å²) in [6, 6.07) is 11.2. The molecule has 21 heavy (non-hydrogen) atoms. The minimum atomic E-state index is -0.444. The van der Waals surface area contributed by atoms with E-state index in [4.69, 9.17) is 4.74 Å². The smallest absolute Gasteiger partial charge is 0.275 e. The molecule has 0 bridgehead atoms. The van der Waals surface area contributed by atoms with Gasteiger partial charge in [0.2, 0.25) is 0 Å². The van der Waals surface area contributed by atoms with Gasteiger partial charge in [-0.25, -0.2) is 9.82 Å². The molecule has 0 aromatic heterocycles. The molecule has 2 aromatic rings. The summed E-state index contributed by atoms with van der Waals surface area (Å²) < 4.78 is 19.2. The van der Waals surface area contributed by atoms with Crippen molar-refractivity contribution in [2.75, 3.05) is 7.11 Å². The first kappa shape index (κ1) is 15.2. The van der Waals surface area contributed by atoms with Gasteiger partial charge in [0.25, 0.3) is 5.91 Å². The van der Waals surface area contributed by atoms with Crippen molar-refractivity contribution in [1.29, 1.82) is 0 Å². The summed E-state index contributed by atoms with van der Waals surface area (Å²) in [7, 11) is 1.47. The van der Waals surface area contributed by atoms with E-state index in [1.165, 1.54) is 19.4 Å². The van der Waals surface area contributed by atoms with E-state index in [0.717, 1.165) is 4.47 Å². The third-order valence-corrected chi connectivity index (χ3v) is 3.17. The lowest BCUT2D eigenvalue weighted by Crippen LogP contribution is -2.18. The molecule has 1 N–H and O–H groups in total. The molecule has 0 spiro atoms. The number of hydrazone groups is 1. The first-order chi connectivity index (χ1) is 10.1. The zero-order chi connectivity index (χ0) is 15.2. The predicted molar refractivity (Wildman–Crippen MR) is 82.2 cm³/mol. The van der Waals surface area contributed by atoms with Crippen LogP contribution in [0.5, 0.6) is 5.75 Å². The molecule has 0 aliphatic carbocycles. The molecule has 2 aromatic carbocycles. The molecule has 0 fully saturated rings. The molecule has 0 aliphatic rings. The Morgan fingerprint density at radius 2 is 2.10 bits per heavy atom. The average molecular weight is 351 g/mol. The Balaban J connectivity index is 2.12. The summed E-state index contributed by atoms with van der Waals surface area (Å²) in [5.74, 6) is -0.423. The number of ether oxygens (including phenoxy) is 1. The molecule has 0 atom stereocenters. The van der Waals surface area contributed by atoms with Crippen molar-refractivity contribution in [2.45, 2.75) is 0 Å². The van der Waals surface area contributed by atoms with Crippen molar-refractivity contribution in [1.82, 2.24) is 5.43 Å². The van der Waals surface area contributed by atoms with Crippen LogP contribution in [0, 0.1) is 5.82 Å². The maximum Gasteiger partial charge on any atom is 0.275 e. The second-order valence-electron chi connectivity index (χ2n) is 4.07. The molecule has 0 saturated heterocycles. The summed E-state index contributed by atoms with van der Waals surface area (Å²) in [4.78, 5) is 12.0. The fourth-order valence-electron chi connectivity index (χ4n) is 1.66. The highest BCUT2D eigenvalue weighted by Crippen LogP contribution is 2.22. The predicted octanol–water partition coefficient (Wildman–Crippen LogP) is 3.36. The normalized spacial score (nSPS) is 10.6. The van der Waals surface area contributed by atoms with Gasteiger partial charge in [-0.2, -0.15) is 5.10 Å². The molecule has 0 radical (unpaired) electrons. The second kappa shape index (κ2) is 6.99. The van der Waals surface area contributed by atoms with E-state index in [0.29, 0.717) is 16.9 Å². The van der Waals surface area contributed by atoms with Crippen LogP contribution in [0.1, 0.15) is 15.9 Å². The van der Waals surface area contributed by atoms with E-state index in [2.05, 4.69) is 26.5 Å². The number of carbonyl (C=O) groups is 1. The standard InChI is InChI=1S/C15H12BrFN2O2/c1-21-14-7-6-11(16)8-12(14)15(20)19-18-9-10-4-2-3-5-13(10)17/h2-9H,1H3,(H,19,20)/b18-9+. The maximum atomic E-state index is 13.4. The lowest BCUT2D eigenvalue weighted by atomic mass is 10.2. The summed E-state index contributed by atoms with van der Waals surface area (Å²) in [5, 5.41) is 3.75. The number of hydrogen-bond acceptors (Lipinski definition) is 3. The van der Waals surface area contributed by atoms with Crippen molar-refractivity contribution in [3.8, 4) is 5.75 Å². The van der Waals surface area contributed by atoms with Crippen LogP contribution in [0.3, 0.4) is 0 Å². The molecule has 0 unspecified atom stereocenters. The van der Waals surface area contributed by atoms with Gasteiger partial charge in [-0.15, -0.1) is 0 Å². The Hall–Kier alpha value is -2.21. The summed E-state index contributed by atoms with van der Waals surface area (Å²) in [5.41, 5.74) is 2.96. The molecular formula is C15H12BrFN2O2. The molecule has 0 aliphatic heterocycles. The minimum absolute atomic E-state index is 0.291. The fourth-order valence-corrected chi connectivity index (χ4v) is 2.02. The van der Waals surface area contributed by atoms with Gasteiger partial charge in [-0.05, 0) is 24.3 Å². The van der Waals surface area contributed by atoms with Crippen molar-refractivity contribution in [3.05, 3.63) is 63.9 Å². The Bertz CT molecular complexity index is 689. The maximum absolute atomic E-state index is 13.4. The molecule has 0 saturated carbocycles. The Labute approximate surface area is 129 Å². The number of rotatable bonds is 4. The van der Waals surface area contributed by atoms with Gasteiger partial charge in [0.15, 0.2) is 0 Å². The van der Waals surface area contributed by atoms with Crippen LogP contribution in [0.2, 0.25) is 0 Å². The quantitative estimate of drug-likeness (QED) is 0.678. The zero-order valence-corrected chi connectivity index (χ0v) is 12.7. The van der Waals surface area contributed by atoms with Crippen LogP contribution in [-0.4, -0.2) is 19.2 Å². The van der Waals surface area contributed by atoms with E-state index < -0.39 is 11.7 Å². The van der Waals surface area contributed by atoms with Crippen molar-refractivity contribution in [3.63, 3.8) is 0 Å². The molecular weight excluding hydrogens is 339 g/mol. The zero-order valence-electron chi connectivity index (χ0n) is 11.1. The van der Waals surface area contributed by atoms with E-state index in [1.807, 2.05) is 0 Å². The van der Waals surface area contributed by atoms with Crippen LogP contribution in [0.4, 0.5) is 4.39 Å². The summed E-state index contributed by atoms with van der Waals surface area (Å²) in [6.45, 7) is 0. The molecule has 108 valence electrons. The van der Waals surface area contributed by atoms with Gasteiger partial charge >= 0.3 is 0 Å². The highest BCUT2D eigenvalue weighted by Gasteiger charge is 2.11. The minimum Gasteiger partial charge on any atom is -0.496 e. The van der Waals surface area contributed by atoms with Crippen LogP contribution >= 0.6 is 15.9 Å². The van der Waals surface area contributed by atoms with Crippen LogP contribution in [0.15, 0.2) is 52.0 Å². The number of methoxy groups -OCH3 is 1. The lowest BCUT2D eigenvalue weighted by Gasteiger charge is -2.07. The number of nitrogens with zero attached hydrogens (tertiary/aromatic N) is 1.